The SMILES string of the molecule is C[C@H](N=[N+]=[N-])c1ccc(C#N)cc1. The molecule has 0 heterocycles. The molecule has 0 aliphatic heterocycles. The summed E-state index contributed by atoms with van der Waals surface area (Å²) in [7, 11) is 0. The molecule has 4 nitrogen and oxygen atoms in total. The Morgan fingerprint density at radius 2 is 2.08 bits per heavy atom. The Kier molecular flexibility index (Phi) is 2.91. The second kappa shape index (κ2) is 4.15. The van der Waals surface area contributed by atoms with E-state index in [4.69, 9.17) is 10.8 Å². The van der Waals surface area contributed by atoms with E-state index in [9.17, 15) is 0 Å². The quantitative estimate of drug-likeness (QED) is 0.384. The monoisotopic (exact) mass is 172 g/mol. The summed E-state index contributed by atoms with van der Waals surface area (Å²) < 4.78 is 0. The third-order valence-corrected chi connectivity index (χ3v) is 1.75. The van der Waals surface area contributed by atoms with Gasteiger partial charge in [0.2, 0.25) is 0 Å². The number of hydrogen-bond acceptors (Lipinski definition) is 2. The van der Waals surface area contributed by atoms with Crippen molar-refractivity contribution in [2.24, 2.45) is 5.11 Å². The molecule has 0 radical (unpaired) electrons. The maximum atomic E-state index is 8.54. The van der Waals surface area contributed by atoms with Crippen molar-refractivity contribution in [1.29, 1.82) is 5.26 Å². The third kappa shape index (κ3) is 2.22. The summed E-state index contributed by atoms with van der Waals surface area (Å²) in [5, 5.41) is 12.1. The van der Waals surface area contributed by atoms with E-state index in [1.54, 1.807) is 31.2 Å². The molecule has 64 valence electrons. The lowest BCUT2D eigenvalue weighted by molar-refractivity contribution is 0.807. The molecule has 0 saturated heterocycles. The van der Waals surface area contributed by atoms with E-state index < -0.39 is 0 Å². The molecule has 0 aromatic heterocycles. The van der Waals surface area contributed by atoms with Crippen molar-refractivity contribution in [3.05, 3.63) is 45.8 Å². The zero-order valence-electron chi connectivity index (χ0n) is 7.18. The molecule has 1 atom stereocenters. The van der Waals surface area contributed by atoms with E-state index in [0.29, 0.717) is 5.56 Å². The first kappa shape index (κ1) is 9.11. The predicted octanol–water partition coefficient (Wildman–Crippen LogP) is 2.93. The van der Waals surface area contributed by atoms with Gasteiger partial charge < -0.3 is 0 Å². The fraction of sp³-hybridized carbons (Fsp3) is 0.222. The molecule has 0 spiro atoms. The predicted molar refractivity (Wildman–Crippen MR) is 48.7 cm³/mol. The summed E-state index contributed by atoms with van der Waals surface area (Å²) in [6.45, 7) is 1.81. The van der Waals surface area contributed by atoms with Gasteiger partial charge in [0.15, 0.2) is 0 Å². The number of azide groups is 1. The molecular formula is C9H8N4. The van der Waals surface area contributed by atoms with Crippen LogP contribution in [0.3, 0.4) is 0 Å². The molecule has 1 aromatic carbocycles. The molecule has 0 aliphatic rings. The van der Waals surface area contributed by atoms with Crippen LogP contribution in [0.4, 0.5) is 0 Å². The van der Waals surface area contributed by atoms with Gasteiger partial charge in [-0.15, -0.1) is 0 Å². The molecule has 0 unspecified atom stereocenters. The van der Waals surface area contributed by atoms with Gasteiger partial charge in [-0.1, -0.05) is 24.2 Å². The van der Waals surface area contributed by atoms with Crippen LogP contribution in [0, 0.1) is 11.3 Å². The highest BCUT2D eigenvalue weighted by molar-refractivity contribution is 5.32. The van der Waals surface area contributed by atoms with Crippen LogP contribution in [0.5, 0.6) is 0 Å². The maximum Gasteiger partial charge on any atom is 0.0991 e. The van der Waals surface area contributed by atoms with Crippen molar-refractivity contribution in [2.45, 2.75) is 13.0 Å². The van der Waals surface area contributed by atoms with Crippen LogP contribution in [0.2, 0.25) is 0 Å². The Hall–Kier alpha value is -1.98. The minimum Gasteiger partial charge on any atom is -0.192 e. The first-order valence-electron chi connectivity index (χ1n) is 3.82. The van der Waals surface area contributed by atoms with E-state index in [-0.39, 0.29) is 6.04 Å². The van der Waals surface area contributed by atoms with Crippen molar-refractivity contribution >= 4 is 0 Å². The molecule has 0 aliphatic carbocycles. The molecule has 1 aromatic rings. The first-order chi connectivity index (χ1) is 6.27. The molecule has 0 N–H and O–H groups in total. The average Bonchev–Trinajstić information content (AvgIpc) is 2.18. The maximum absolute atomic E-state index is 8.54. The molecule has 0 saturated carbocycles. The van der Waals surface area contributed by atoms with E-state index in [1.165, 1.54) is 0 Å². The van der Waals surface area contributed by atoms with Crippen LogP contribution >= 0.6 is 0 Å². The second-order valence-electron chi connectivity index (χ2n) is 2.61. The van der Waals surface area contributed by atoms with E-state index in [2.05, 4.69) is 10.0 Å². The number of nitrogens with zero attached hydrogens (tertiary/aromatic N) is 4. The van der Waals surface area contributed by atoms with Gasteiger partial charge in [-0.2, -0.15) is 5.26 Å². The number of rotatable bonds is 2. The molecule has 4 heteroatoms. The molecule has 1 rings (SSSR count). The summed E-state index contributed by atoms with van der Waals surface area (Å²) in [5.74, 6) is 0. The normalized spacial score (nSPS) is 11.1. The van der Waals surface area contributed by atoms with E-state index in [1.807, 2.05) is 6.07 Å². The van der Waals surface area contributed by atoms with Gasteiger partial charge in [-0.3, -0.25) is 0 Å². The Bertz CT molecular complexity index is 368. The second-order valence-corrected chi connectivity index (χ2v) is 2.61. The lowest BCUT2D eigenvalue weighted by atomic mass is 10.1. The van der Waals surface area contributed by atoms with Crippen molar-refractivity contribution in [3.63, 3.8) is 0 Å². The lowest BCUT2D eigenvalue weighted by Crippen LogP contribution is -1.87. The van der Waals surface area contributed by atoms with Gasteiger partial charge in [0.05, 0.1) is 17.7 Å². The van der Waals surface area contributed by atoms with Crippen LogP contribution < -0.4 is 0 Å². The number of nitriles is 1. The Morgan fingerprint density at radius 3 is 2.54 bits per heavy atom. The lowest BCUT2D eigenvalue weighted by Gasteiger charge is -2.03. The van der Waals surface area contributed by atoms with Crippen LogP contribution in [-0.2, 0) is 0 Å². The summed E-state index contributed by atoms with van der Waals surface area (Å²) in [6, 6.07) is 8.83. The summed E-state index contributed by atoms with van der Waals surface area (Å²) >= 11 is 0. The van der Waals surface area contributed by atoms with Gasteiger partial charge in [0.25, 0.3) is 0 Å². The summed E-state index contributed by atoms with van der Waals surface area (Å²) in [4.78, 5) is 2.71. The van der Waals surface area contributed by atoms with Crippen molar-refractivity contribution < 1.29 is 0 Å². The van der Waals surface area contributed by atoms with Crippen LogP contribution in [0.1, 0.15) is 24.1 Å². The largest absolute Gasteiger partial charge is 0.192 e. The standard InChI is InChI=1S/C9H8N4/c1-7(12-13-11)9-4-2-8(6-10)3-5-9/h2-5,7H,1H3/t7-/m0/s1. The van der Waals surface area contributed by atoms with Gasteiger partial charge in [0, 0.05) is 4.91 Å². The highest BCUT2D eigenvalue weighted by Crippen LogP contribution is 2.16. The fourth-order valence-corrected chi connectivity index (χ4v) is 0.980. The zero-order valence-corrected chi connectivity index (χ0v) is 7.18. The van der Waals surface area contributed by atoms with Crippen LogP contribution in [0.25, 0.3) is 10.4 Å². The number of benzene rings is 1. The van der Waals surface area contributed by atoms with Gasteiger partial charge in [-0.25, -0.2) is 0 Å². The van der Waals surface area contributed by atoms with Crippen molar-refractivity contribution in [3.8, 4) is 6.07 Å². The van der Waals surface area contributed by atoms with Crippen LogP contribution in [0.15, 0.2) is 29.4 Å². The topological polar surface area (TPSA) is 72.6 Å². The highest BCUT2D eigenvalue weighted by Gasteiger charge is 2.01. The molecule has 0 fully saturated rings. The van der Waals surface area contributed by atoms with Gasteiger partial charge in [0.1, 0.15) is 0 Å². The van der Waals surface area contributed by atoms with Crippen molar-refractivity contribution in [1.82, 2.24) is 0 Å². The van der Waals surface area contributed by atoms with E-state index in [0.717, 1.165) is 5.56 Å². The smallest absolute Gasteiger partial charge is 0.0991 e. The molecular weight excluding hydrogens is 164 g/mol. The van der Waals surface area contributed by atoms with Gasteiger partial charge in [-0.05, 0) is 23.2 Å². The van der Waals surface area contributed by atoms with Crippen LogP contribution in [-0.4, -0.2) is 0 Å². The Morgan fingerprint density at radius 1 is 1.46 bits per heavy atom. The van der Waals surface area contributed by atoms with E-state index >= 15 is 0 Å². The minimum absolute atomic E-state index is 0.183. The van der Waals surface area contributed by atoms with Crippen molar-refractivity contribution in [2.75, 3.05) is 0 Å². The average molecular weight is 172 g/mol. The summed E-state index contributed by atoms with van der Waals surface area (Å²) in [6.07, 6.45) is 0. The molecule has 0 amide bonds. The Balaban J connectivity index is 2.93. The fourth-order valence-electron chi connectivity index (χ4n) is 0.980. The first-order valence-corrected chi connectivity index (χ1v) is 3.82. The highest BCUT2D eigenvalue weighted by atomic mass is 15.1. The minimum atomic E-state index is -0.183. The zero-order chi connectivity index (χ0) is 9.68. The Labute approximate surface area is 76.1 Å². The van der Waals surface area contributed by atoms with Gasteiger partial charge >= 0.3 is 0 Å². The molecule has 0 bridgehead atoms. The number of hydrogen-bond donors (Lipinski definition) is 0. The molecule has 13 heavy (non-hydrogen) atoms. The third-order valence-electron chi connectivity index (χ3n) is 1.75. The summed E-state index contributed by atoms with van der Waals surface area (Å²) in [5.41, 5.74) is 9.73.